The van der Waals surface area contributed by atoms with E-state index in [0.29, 0.717) is 36.2 Å². The van der Waals surface area contributed by atoms with Gasteiger partial charge in [0.25, 0.3) is 0 Å². The fraction of sp³-hybridized carbons (Fsp3) is 0.267. The molecule has 3 amide bonds. The third-order valence-corrected chi connectivity index (χ3v) is 8.07. The van der Waals surface area contributed by atoms with Crippen LogP contribution in [0.5, 0.6) is 0 Å². The van der Waals surface area contributed by atoms with Gasteiger partial charge in [-0.05, 0) is 67.6 Å². The van der Waals surface area contributed by atoms with E-state index in [0.717, 1.165) is 0 Å². The highest BCUT2D eigenvalue weighted by Crippen LogP contribution is 2.17. The molecule has 44 heavy (non-hydrogen) atoms. The summed E-state index contributed by atoms with van der Waals surface area (Å²) in [5, 5.41) is 5.30. The number of sulfonamides is 1. The molecule has 0 heterocycles. The quantitative estimate of drug-likeness (QED) is 0.0670. The molecule has 0 bridgehead atoms. The van der Waals surface area contributed by atoms with Gasteiger partial charge >= 0.3 is 0 Å². The van der Waals surface area contributed by atoms with E-state index >= 15 is 0 Å². The highest BCUT2D eigenvalue weighted by atomic mass is 32.2. The van der Waals surface area contributed by atoms with Crippen molar-refractivity contribution in [2.45, 2.75) is 48.7 Å². The summed E-state index contributed by atoms with van der Waals surface area (Å²) in [7, 11) is -4.14. The summed E-state index contributed by atoms with van der Waals surface area (Å²) in [4.78, 5) is 43.3. The molecular formula is C30H38N8O5S. The molecule has 0 aliphatic heterocycles. The number of unbranched alkanes of at least 4 members (excludes halogenated alkanes) is 1. The minimum atomic E-state index is -4.14. The fourth-order valence-corrected chi connectivity index (χ4v) is 5.59. The molecule has 0 aromatic heterocycles. The lowest BCUT2D eigenvalue weighted by atomic mass is 10.0. The maximum atomic E-state index is 13.7. The number of amides is 3. The van der Waals surface area contributed by atoms with Crippen molar-refractivity contribution in [3.05, 3.63) is 96.1 Å². The molecule has 0 unspecified atom stereocenters. The van der Waals surface area contributed by atoms with Gasteiger partial charge in [-0.1, -0.05) is 60.7 Å². The van der Waals surface area contributed by atoms with E-state index in [2.05, 4.69) is 20.3 Å². The summed E-state index contributed by atoms with van der Waals surface area (Å²) in [6, 6.07) is 19.0. The Balaban J connectivity index is 1.89. The molecule has 3 atom stereocenters. The molecule has 14 heteroatoms. The Labute approximate surface area is 256 Å². The maximum Gasteiger partial charge on any atom is 0.244 e. The average molecular weight is 623 g/mol. The van der Waals surface area contributed by atoms with Gasteiger partial charge < -0.3 is 33.6 Å². The van der Waals surface area contributed by atoms with Crippen molar-refractivity contribution < 1.29 is 22.8 Å². The number of guanidine groups is 1. The van der Waals surface area contributed by atoms with Crippen LogP contribution in [0.3, 0.4) is 0 Å². The number of hydrogen-bond donors (Lipinski definition) is 7. The smallest absolute Gasteiger partial charge is 0.244 e. The van der Waals surface area contributed by atoms with Gasteiger partial charge in [0, 0.05) is 0 Å². The Morgan fingerprint density at radius 2 is 1.34 bits per heavy atom. The topological polar surface area (TPSA) is 238 Å². The summed E-state index contributed by atoms with van der Waals surface area (Å²) >= 11 is 0. The van der Waals surface area contributed by atoms with E-state index < -0.39 is 45.9 Å². The van der Waals surface area contributed by atoms with Crippen LogP contribution in [-0.2, 0) is 30.8 Å². The van der Waals surface area contributed by atoms with E-state index in [1.165, 1.54) is 12.1 Å². The molecule has 13 nitrogen and oxygen atoms in total. The lowest BCUT2D eigenvalue weighted by molar-refractivity contribution is -0.132. The second kappa shape index (κ2) is 16.2. The Morgan fingerprint density at radius 1 is 0.750 bits per heavy atom. The first-order chi connectivity index (χ1) is 21.0. The highest BCUT2D eigenvalue weighted by molar-refractivity contribution is 7.89. The van der Waals surface area contributed by atoms with Crippen molar-refractivity contribution in [2.75, 3.05) is 6.54 Å². The number of carbonyl (C=O) groups excluding carboxylic acids is 3. The van der Waals surface area contributed by atoms with E-state index in [1.807, 2.05) is 0 Å². The van der Waals surface area contributed by atoms with Gasteiger partial charge in [0.15, 0.2) is 5.96 Å². The molecule has 0 radical (unpaired) electrons. The van der Waals surface area contributed by atoms with Gasteiger partial charge in [0.1, 0.15) is 18.1 Å². The molecular weight excluding hydrogens is 584 g/mol. The number of rotatable bonds is 16. The molecule has 0 fully saturated rings. The predicted octanol–water partition coefficient (Wildman–Crippen LogP) is 0.438. The number of nitrogens with one attached hydrogen (secondary N) is 3. The van der Waals surface area contributed by atoms with Crippen molar-refractivity contribution in [2.24, 2.45) is 27.9 Å². The summed E-state index contributed by atoms with van der Waals surface area (Å²) in [5.41, 5.74) is 23.6. The van der Waals surface area contributed by atoms with E-state index in [9.17, 15) is 22.8 Å². The molecule has 234 valence electrons. The first kappa shape index (κ1) is 33.7. The molecule has 0 saturated heterocycles. The lowest BCUT2D eigenvalue weighted by Gasteiger charge is -2.25. The summed E-state index contributed by atoms with van der Waals surface area (Å²) in [6.45, 7) is 0.367. The summed E-state index contributed by atoms with van der Waals surface area (Å²) < 4.78 is 28.9. The van der Waals surface area contributed by atoms with Crippen LogP contribution in [0.2, 0.25) is 0 Å². The summed E-state index contributed by atoms with van der Waals surface area (Å²) in [5.74, 6) is -2.32. The SMILES string of the molecule is NCCCC[C@H](NC(=O)[C@H](Cc1ccc(N=C(N)N)cc1)NS(=O)(=O)c1ccccc1)C(=O)N[C@@H](C(N)=O)c1ccccc1. The Kier molecular flexibility index (Phi) is 12.4. The first-order valence-electron chi connectivity index (χ1n) is 13.9. The molecule has 11 N–H and O–H groups in total. The zero-order chi connectivity index (χ0) is 32.1. The third-order valence-electron chi connectivity index (χ3n) is 6.59. The third kappa shape index (κ3) is 10.2. The second-order valence-corrected chi connectivity index (χ2v) is 11.7. The van der Waals surface area contributed by atoms with Crippen molar-refractivity contribution in [1.29, 1.82) is 0 Å². The minimum Gasteiger partial charge on any atom is -0.370 e. The zero-order valence-corrected chi connectivity index (χ0v) is 24.9. The van der Waals surface area contributed by atoms with Crippen LogP contribution in [-0.4, -0.2) is 50.7 Å². The van der Waals surface area contributed by atoms with Crippen LogP contribution in [0.1, 0.15) is 36.4 Å². The van der Waals surface area contributed by atoms with Crippen molar-refractivity contribution in [1.82, 2.24) is 15.4 Å². The van der Waals surface area contributed by atoms with Crippen LogP contribution in [0.4, 0.5) is 5.69 Å². The molecule has 0 aliphatic carbocycles. The fourth-order valence-electron chi connectivity index (χ4n) is 4.38. The molecule has 0 spiro atoms. The van der Waals surface area contributed by atoms with Gasteiger partial charge in [0.05, 0.1) is 10.6 Å². The average Bonchev–Trinajstić information content (AvgIpc) is 3.00. The minimum absolute atomic E-state index is 0.0368. The predicted molar refractivity (Wildman–Crippen MR) is 168 cm³/mol. The van der Waals surface area contributed by atoms with Crippen LogP contribution < -0.4 is 38.3 Å². The van der Waals surface area contributed by atoms with E-state index in [1.54, 1.807) is 72.8 Å². The monoisotopic (exact) mass is 622 g/mol. The van der Waals surface area contributed by atoms with Crippen molar-refractivity contribution >= 4 is 39.4 Å². The Morgan fingerprint density at radius 3 is 1.91 bits per heavy atom. The molecule has 0 aliphatic rings. The number of nitrogens with zero attached hydrogens (tertiary/aromatic N) is 1. The van der Waals surface area contributed by atoms with Crippen LogP contribution in [0.15, 0.2) is 94.8 Å². The number of primary amides is 1. The van der Waals surface area contributed by atoms with Gasteiger partial charge in [-0.25, -0.2) is 13.4 Å². The Hall–Kier alpha value is -4.79. The zero-order valence-electron chi connectivity index (χ0n) is 24.1. The number of carbonyl (C=O) groups is 3. The standard InChI is InChI=1S/C30H38N8O5S/c31-18-8-7-13-24(28(40)37-26(27(32)39)21-9-3-1-4-10-21)36-29(41)25(38-44(42,43)23-11-5-2-6-12-23)19-20-14-16-22(17-15-20)35-30(33)34/h1-6,9-12,14-17,24-26,38H,7-8,13,18-19,31H2,(H2,32,39)(H,36,41)(H,37,40)(H4,33,34,35)/t24-,25-,26+/m0/s1. The largest absolute Gasteiger partial charge is 0.370 e. The maximum absolute atomic E-state index is 13.7. The van der Waals surface area contributed by atoms with Gasteiger partial charge in [-0.3, -0.25) is 14.4 Å². The molecule has 0 saturated carbocycles. The van der Waals surface area contributed by atoms with Crippen molar-refractivity contribution in [3.63, 3.8) is 0 Å². The number of aliphatic imine (C=N–C) groups is 1. The van der Waals surface area contributed by atoms with E-state index in [4.69, 9.17) is 22.9 Å². The van der Waals surface area contributed by atoms with Crippen molar-refractivity contribution in [3.8, 4) is 0 Å². The normalized spacial score (nSPS) is 13.2. The highest BCUT2D eigenvalue weighted by Gasteiger charge is 2.31. The van der Waals surface area contributed by atoms with Gasteiger partial charge in [-0.15, -0.1) is 0 Å². The number of hydrogen-bond acceptors (Lipinski definition) is 7. The van der Waals surface area contributed by atoms with Gasteiger partial charge in [0.2, 0.25) is 27.7 Å². The van der Waals surface area contributed by atoms with E-state index in [-0.39, 0.29) is 23.7 Å². The van der Waals surface area contributed by atoms with Crippen LogP contribution in [0.25, 0.3) is 0 Å². The lowest BCUT2D eigenvalue weighted by Crippen LogP contribution is -2.55. The number of benzene rings is 3. The van der Waals surface area contributed by atoms with Crippen LogP contribution in [0, 0.1) is 0 Å². The van der Waals surface area contributed by atoms with Gasteiger partial charge in [-0.2, -0.15) is 4.72 Å². The molecule has 3 rings (SSSR count). The van der Waals surface area contributed by atoms with Crippen LogP contribution >= 0.6 is 0 Å². The number of nitrogens with two attached hydrogens (primary N) is 4. The Bertz CT molecular complexity index is 1530. The first-order valence-corrected chi connectivity index (χ1v) is 15.4. The summed E-state index contributed by atoms with van der Waals surface area (Å²) in [6.07, 6.45) is 1.17. The molecule has 3 aromatic rings. The second-order valence-electron chi connectivity index (χ2n) is 9.99. The molecule has 3 aromatic carbocycles.